The van der Waals surface area contributed by atoms with Crippen molar-refractivity contribution in [1.82, 2.24) is 20.3 Å². The van der Waals surface area contributed by atoms with Crippen molar-refractivity contribution in [2.75, 3.05) is 46.0 Å². The number of ether oxygens (including phenoxy) is 1. The second kappa shape index (κ2) is 12.5. The average molecular weight is 527 g/mol. The van der Waals surface area contributed by atoms with Crippen molar-refractivity contribution in [1.29, 1.82) is 0 Å². The van der Waals surface area contributed by atoms with Crippen molar-refractivity contribution in [2.45, 2.75) is 24.7 Å². The van der Waals surface area contributed by atoms with Gasteiger partial charge in [-0.1, -0.05) is 0 Å². The normalized spacial score (nSPS) is 19.9. The molecule has 0 amide bonds. The maximum absolute atomic E-state index is 12.2. The quantitative estimate of drug-likeness (QED) is 0.150. The zero-order chi connectivity index (χ0) is 19.6. The Balaban J connectivity index is 0.00000392. The molecule has 0 aliphatic carbocycles. The van der Waals surface area contributed by atoms with Crippen LogP contribution in [0.3, 0.4) is 0 Å². The summed E-state index contributed by atoms with van der Waals surface area (Å²) in [6, 6.07) is 3.08. The van der Waals surface area contributed by atoms with Crippen LogP contribution in [-0.4, -0.2) is 70.5 Å². The van der Waals surface area contributed by atoms with Gasteiger partial charge in [0, 0.05) is 50.7 Å². The summed E-state index contributed by atoms with van der Waals surface area (Å²) >= 11 is 0. The number of hydrogen-bond donors (Lipinski definition) is 4. The predicted octanol–water partition coefficient (Wildman–Crippen LogP) is 0.322. The Morgan fingerprint density at radius 3 is 2.82 bits per heavy atom. The van der Waals surface area contributed by atoms with Crippen LogP contribution in [0.5, 0.6) is 0 Å². The highest BCUT2D eigenvalue weighted by molar-refractivity contribution is 14.0. The van der Waals surface area contributed by atoms with Crippen LogP contribution in [0, 0.1) is 5.41 Å². The van der Waals surface area contributed by atoms with E-state index in [1.165, 1.54) is 18.5 Å². The number of sulfonamides is 1. The number of aliphatic imine (C=N–C) groups is 1. The maximum Gasteiger partial charge on any atom is 0.242 e. The Bertz CT molecular complexity index is 697. The Labute approximate surface area is 183 Å². The second-order valence-corrected chi connectivity index (χ2v) is 8.25. The Morgan fingerprint density at radius 2 is 2.21 bits per heavy atom. The van der Waals surface area contributed by atoms with Gasteiger partial charge >= 0.3 is 0 Å². The van der Waals surface area contributed by atoms with Gasteiger partial charge in [0.1, 0.15) is 4.90 Å². The molecule has 1 aromatic heterocycles. The molecule has 0 bridgehead atoms. The first kappa shape index (κ1) is 25.0. The fraction of sp³-hybridized carbons (Fsp3) is 0.647. The van der Waals surface area contributed by atoms with Crippen molar-refractivity contribution in [2.24, 2.45) is 10.4 Å². The molecule has 0 saturated carbocycles. The molecule has 1 saturated heterocycles. The summed E-state index contributed by atoms with van der Waals surface area (Å²) in [6.45, 7) is 5.20. The van der Waals surface area contributed by atoms with Gasteiger partial charge in [0.15, 0.2) is 5.96 Å². The summed E-state index contributed by atoms with van der Waals surface area (Å²) in [4.78, 5) is 8.55. The molecule has 0 radical (unpaired) electrons. The largest absolute Gasteiger partial charge is 0.396 e. The van der Waals surface area contributed by atoms with Crippen LogP contribution in [0.25, 0.3) is 0 Å². The third kappa shape index (κ3) is 7.78. The van der Waals surface area contributed by atoms with E-state index in [9.17, 15) is 13.5 Å². The lowest BCUT2D eigenvalue weighted by Gasteiger charge is -2.24. The number of rotatable bonds is 10. The van der Waals surface area contributed by atoms with Gasteiger partial charge in [-0.3, -0.25) is 9.98 Å². The first-order valence-electron chi connectivity index (χ1n) is 9.12. The Morgan fingerprint density at radius 1 is 1.39 bits per heavy atom. The number of nitrogens with zero attached hydrogens (tertiary/aromatic N) is 2. The van der Waals surface area contributed by atoms with E-state index in [1.807, 2.05) is 6.92 Å². The standard InChI is InChI=1S/C17H29N5O4S.HI/c1-2-19-16(21-13-17(5-10-23)6-11-26-14-17)20-8-9-22-27(24,25)15-4-3-7-18-12-15;/h3-4,7,12,22-23H,2,5-6,8-11,13-14H2,1H3,(H2,19,20,21);1H. The van der Waals surface area contributed by atoms with Crippen molar-refractivity contribution in [3.8, 4) is 0 Å². The molecule has 2 heterocycles. The molecule has 0 spiro atoms. The molecule has 160 valence electrons. The molecule has 0 aromatic carbocycles. The molecule has 2 rings (SSSR count). The lowest BCUT2D eigenvalue weighted by atomic mass is 9.84. The average Bonchev–Trinajstić information content (AvgIpc) is 3.13. The number of pyridine rings is 1. The fourth-order valence-corrected chi connectivity index (χ4v) is 3.83. The first-order chi connectivity index (χ1) is 13.0. The summed E-state index contributed by atoms with van der Waals surface area (Å²) in [5.74, 6) is 0.613. The van der Waals surface area contributed by atoms with E-state index in [1.54, 1.807) is 6.07 Å². The third-order valence-electron chi connectivity index (χ3n) is 4.40. The summed E-state index contributed by atoms with van der Waals surface area (Å²) < 4.78 is 32.3. The highest BCUT2D eigenvalue weighted by Gasteiger charge is 2.34. The molecule has 1 aliphatic rings. The Kier molecular flexibility index (Phi) is 11.2. The smallest absolute Gasteiger partial charge is 0.242 e. The van der Waals surface area contributed by atoms with Gasteiger partial charge in [-0.2, -0.15) is 0 Å². The molecule has 1 atom stereocenters. The summed E-state index contributed by atoms with van der Waals surface area (Å²) in [7, 11) is -3.57. The summed E-state index contributed by atoms with van der Waals surface area (Å²) in [5, 5.41) is 15.6. The van der Waals surface area contributed by atoms with Crippen LogP contribution in [-0.2, 0) is 14.8 Å². The second-order valence-electron chi connectivity index (χ2n) is 6.48. The van der Waals surface area contributed by atoms with E-state index < -0.39 is 10.0 Å². The van der Waals surface area contributed by atoms with E-state index in [4.69, 9.17) is 4.74 Å². The Hall–Kier alpha value is -1.02. The van der Waals surface area contributed by atoms with Crippen LogP contribution in [0.15, 0.2) is 34.4 Å². The minimum atomic E-state index is -3.57. The van der Waals surface area contributed by atoms with Gasteiger partial charge in [0.25, 0.3) is 0 Å². The first-order valence-corrected chi connectivity index (χ1v) is 10.6. The highest BCUT2D eigenvalue weighted by Crippen LogP contribution is 2.32. The predicted molar refractivity (Wildman–Crippen MR) is 118 cm³/mol. The van der Waals surface area contributed by atoms with Crippen molar-refractivity contribution >= 4 is 40.0 Å². The van der Waals surface area contributed by atoms with Crippen LogP contribution in [0.1, 0.15) is 19.8 Å². The summed E-state index contributed by atoms with van der Waals surface area (Å²) in [5.41, 5.74) is -0.126. The number of aliphatic hydroxyl groups is 1. The van der Waals surface area contributed by atoms with Crippen LogP contribution in [0.2, 0.25) is 0 Å². The molecule has 1 fully saturated rings. The van der Waals surface area contributed by atoms with Crippen LogP contribution in [0.4, 0.5) is 0 Å². The van der Waals surface area contributed by atoms with Crippen LogP contribution < -0.4 is 15.4 Å². The molecule has 1 unspecified atom stereocenters. The number of aromatic nitrogens is 1. The molecule has 4 N–H and O–H groups in total. The van der Waals surface area contributed by atoms with Gasteiger partial charge in [-0.05, 0) is 31.9 Å². The number of hydrogen-bond acceptors (Lipinski definition) is 6. The highest BCUT2D eigenvalue weighted by atomic mass is 127. The van der Waals surface area contributed by atoms with Crippen LogP contribution >= 0.6 is 24.0 Å². The van der Waals surface area contributed by atoms with E-state index in [0.29, 0.717) is 45.2 Å². The van der Waals surface area contributed by atoms with Crippen molar-refractivity contribution in [3.63, 3.8) is 0 Å². The lowest BCUT2D eigenvalue weighted by molar-refractivity contribution is 0.131. The minimum Gasteiger partial charge on any atom is -0.396 e. The zero-order valence-electron chi connectivity index (χ0n) is 16.1. The summed E-state index contributed by atoms with van der Waals surface area (Å²) in [6.07, 6.45) is 4.37. The molecular formula is C17H30IN5O4S. The minimum absolute atomic E-state index is 0. The number of aliphatic hydroxyl groups excluding tert-OH is 1. The molecule has 11 heteroatoms. The van der Waals surface area contributed by atoms with E-state index in [2.05, 4.69) is 25.3 Å². The third-order valence-corrected chi connectivity index (χ3v) is 5.84. The van der Waals surface area contributed by atoms with Crippen molar-refractivity contribution < 1.29 is 18.3 Å². The van der Waals surface area contributed by atoms with Gasteiger partial charge in [-0.25, -0.2) is 13.1 Å². The van der Waals surface area contributed by atoms with E-state index >= 15 is 0 Å². The number of guanidine groups is 1. The number of nitrogens with one attached hydrogen (secondary N) is 3. The van der Waals surface area contributed by atoms with E-state index in [-0.39, 0.29) is 47.4 Å². The molecule has 9 nitrogen and oxygen atoms in total. The topological polar surface area (TPSA) is 125 Å². The molecule has 1 aliphatic heterocycles. The SMILES string of the molecule is CCNC(=NCC1(CCO)CCOC1)NCCNS(=O)(=O)c1cccnc1.I. The zero-order valence-corrected chi connectivity index (χ0v) is 19.2. The lowest BCUT2D eigenvalue weighted by Crippen LogP contribution is -2.42. The van der Waals surface area contributed by atoms with Gasteiger partial charge in [0.05, 0.1) is 13.2 Å². The van der Waals surface area contributed by atoms with Crippen molar-refractivity contribution in [3.05, 3.63) is 24.5 Å². The monoisotopic (exact) mass is 527 g/mol. The number of halogens is 1. The van der Waals surface area contributed by atoms with Gasteiger partial charge < -0.3 is 20.5 Å². The van der Waals surface area contributed by atoms with Gasteiger partial charge in [0.2, 0.25) is 10.0 Å². The molecule has 28 heavy (non-hydrogen) atoms. The molecule has 1 aromatic rings. The molecular weight excluding hydrogens is 497 g/mol. The maximum atomic E-state index is 12.2. The van der Waals surface area contributed by atoms with E-state index in [0.717, 1.165) is 6.42 Å². The fourth-order valence-electron chi connectivity index (χ4n) is 2.83. The van der Waals surface area contributed by atoms with Gasteiger partial charge in [-0.15, -0.1) is 24.0 Å².